The van der Waals surface area contributed by atoms with Gasteiger partial charge >= 0.3 is 0 Å². The molecule has 2 heterocycles. The second kappa shape index (κ2) is 14.1. The zero-order valence-corrected chi connectivity index (χ0v) is 35.7. The third kappa shape index (κ3) is 10.1. The summed E-state index contributed by atoms with van der Waals surface area (Å²) in [6, 6.07) is 11.4. The van der Waals surface area contributed by atoms with Crippen molar-refractivity contribution in [2.24, 2.45) is 0 Å². The van der Waals surface area contributed by atoms with Crippen molar-refractivity contribution >= 4 is 44.9 Å². The first-order valence-electron chi connectivity index (χ1n) is 17.6. The van der Waals surface area contributed by atoms with Crippen LogP contribution in [0.1, 0.15) is 52.7 Å². The second-order valence-electron chi connectivity index (χ2n) is 17.6. The normalized spacial score (nSPS) is 25.5. The van der Waals surface area contributed by atoms with Crippen LogP contribution in [0.3, 0.4) is 0 Å². The Labute approximate surface area is 293 Å². The lowest BCUT2D eigenvalue weighted by molar-refractivity contribution is -0.216. The molecule has 1 saturated carbocycles. The number of benzene rings is 2. The van der Waals surface area contributed by atoms with Crippen LogP contribution in [0.15, 0.2) is 30.3 Å². The minimum absolute atomic E-state index is 0.302. The summed E-state index contributed by atoms with van der Waals surface area (Å²) in [5, 5.41) is 0.708. The molecule has 5 rings (SSSR count). The summed E-state index contributed by atoms with van der Waals surface area (Å²) in [5.41, 5.74) is 5.95. The highest BCUT2D eigenvalue weighted by Gasteiger charge is 2.53. The summed E-state index contributed by atoms with van der Waals surface area (Å²) in [5.74, 6) is 1.53. The molecule has 6 nitrogen and oxygen atoms in total. The molecule has 5 atom stereocenters. The fourth-order valence-electron chi connectivity index (χ4n) is 6.60. The van der Waals surface area contributed by atoms with Crippen LogP contribution in [0, 0.1) is 0 Å². The van der Waals surface area contributed by atoms with E-state index in [0.717, 1.165) is 41.2 Å². The molecular formula is C36H59ClO6Si4. The number of hydrogen-bond donors (Lipinski definition) is 0. The first-order chi connectivity index (χ1) is 21.7. The van der Waals surface area contributed by atoms with E-state index in [4.69, 9.17) is 38.8 Å². The van der Waals surface area contributed by atoms with Crippen molar-refractivity contribution in [2.75, 3.05) is 13.2 Å². The van der Waals surface area contributed by atoms with Gasteiger partial charge in [-0.2, -0.15) is 0 Å². The molecule has 2 aromatic carbocycles. The Morgan fingerprint density at radius 1 is 0.745 bits per heavy atom. The summed E-state index contributed by atoms with van der Waals surface area (Å²) in [7, 11) is -8.03. The maximum Gasteiger partial charge on any atom is 0.184 e. The van der Waals surface area contributed by atoms with Crippen molar-refractivity contribution in [1.82, 2.24) is 0 Å². The van der Waals surface area contributed by atoms with Crippen LogP contribution >= 0.6 is 11.6 Å². The van der Waals surface area contributed by atoms with Gasteiger partial charge in [-0.3, -0.25) is 0 Å². The smallest absolute Gasteiger partial charge is 0.184 e. The number of hydrogen-bond acceptors (Lipinski definition) is 6. The lowest BCUT2D eigenvalue weighted by atomic mass is 9.87. The van der Waals surface area contributed by atoms with Crippen LogP contribution in [0.5, 0.6) is 5.75 Å². The fraction of sp³-hybridized carbons (Fsp3) is 0.667. The van der Waals surface area contributed by atoms with Crippen molar-refractivity contribution in [3.63, 3.8) is 0 Å². The Balaban J connectivity index is 1.62. The lowest BCUT2D eigenvalue weighted by Gasteiger charge is -2.51. The molecule has 262 valence electrons. The molecule has 1 saturated heterocycles. The van der Waals surface area contributed by atoms with E-state index in [9.17, 15) is 0 Å². The molecule has 0 amide bonds. The SMILES string of the molecule is C[Si](C)(C)OC[C@H]1OC(c2cc(Cc3ccc(C4CC4)cc3)c(Cl)c3c2CCO3)C(O[Si](C)(C)C)C(O[Si](C)(C)C)C1O[Si](C)(C)C. The molecule has 4 unspecified atom stereocenters. The Morgan fingerprint density at radius 2 is 1.32 bits per heavy atom. The van der Waals surface area contributed by atoms with Gasteiger partial charge in [0.25, 0.3) is 0 Å². The van der Waals surface area contributed by atoms with Gasteiger partial charge in [0.15, 0.2) is 33.3 Å². The lowest BCUT2D eigenvalue weighted by Crippen LogP contribution is -2.63. The summed E-state index contributed by atoms with van der Waals surface area (Å²) in [6.07, 6.45) is 2.45. The summed E-state index contributed by atoms with van der Waals surface area (Å²) < 4.78 is 41.5. The largest absolute Gasteiger partial charge is 0.491 e. The van der Waals surface area contributed by atoms with Gasteiger partial charge in [0.05, 0.1) is 18.2 Å². The maximum atomic E-state index is 7.28. The van der Waals surface area contributed by atoms with Crippen LogP contribution in [0.2, 0.25) is 83.6 Å². The molecule has 0 bridgehead atoms. The highest BCUT2D eigenvalue weighted by atomic mass is 35.5. The van der Waals surface area contributed by atoms with Gasteiger partial charge in [-0.1, -0.05) is 41.9 Å². The van der Waals surface area contributed by atoms with Crippen molar-refractivity contribution in [2.45, 2.75) is 141 Å². The third-order valence-corrected chi connectivity index (χ3v) is 12.9. The van der Waals surface area contributed by atoms with E-state index in [1.165, 1.54) is 24.0 Å². The van der Waals surface area contributed by atoms with E-state index < -0.39 is 33.3 Å². The minimum Gasteiger partial charge on any atom is -0.491 e. The number of rotatable bonds is 13. The Kier molecular flexibility index (Phi) is 11.2. The van der Waals surface area contributed by atoms with Gasteiger partial charge in [0.2, 0.25) is 0 Å². The molecule has 3 aliphatic rings. The van der Waals surface area contributed by atoms with E-state index in [1.807, 2.05) is 0 Å². The van der Waals surface area contributed by atoms with Crippen molar-refractivity contribution in [1.29, 1.82) is 0 Å². The number of ether oxygens (including phenoxy) is 2. The van der Waals surface area contributed by atoms with Crippen LogP contribution < -0.4 is 4.74 Å². The van der Waals surface area contributed by atoms with Crippen molar-refractivity contribution in [3.8, 4) is 5.75 Å². The average molecular weight is 736 g/mol. The molecule has 2 aliphatic heterocycles. The fourth-order valence-corrected chi connectivity index (χ4v) is 10.8. The predicted molar refractivity (Wildman–Crippen MR) is 203 cm³/mol. The highest BCUT2D eigenvalue weighted by molar-refractivity contribution is 6.71. The Bertz CT molecular complexity index is 1390. The van der Waals surface area contributed by atoms with Gasteiger partial charge in [-0.25, -0.2) is 0 Å². The third-order valence-electron chi connectivity index (χ3n) is 8.54. The van der Waals surface area contributed by atoms with Crippen LogP contribution in [-0.2, 0) is 35.3 Å². The zero-order chi connectivity index (χ0) is 34.5. The monoisotopic (exact) mass is 734 g/mol. The molecule has 0 aromatic heterocycles. The van der Waals surface area contributed by atoms with Crippen molar-refractivity contribution < 1.29 is 27.2 Å². The topological polar surface area (TPSA) is 55.4 Å². The highest BCUT2D eigenvalue weighted by Crippen LogP contribution is 2.47. The van der Waals surface area contributed by atoms with Gasteiger partial charge in [0.1, 0.15) is 36.3 Å². The molecular weight excluding hydrogens is 676 g/mol. The number of fused-ring (bicyclic) bond motifs is 1. The van der Waals surface area contributed by atoms with E-state index in [-0.39, 0.29) is 30.5 Å². The van der Waals surface area contributed by atoms with Gasteiger partial charge < -0.3 is 27.2 Å². The van der Waals surface area contributed by atoms with Crippen molar-refractivity contribution in [3.05, 3.63) is 63.2 Å². The summed E-state index contributed by atoms with van der Waals surface area (Å²) in [6.45, 7) is 27.9. The number of halogens is 1. The van der Waals surface area contributed by atoms with E-state index in [2.05, 4.69) is 109 Å². The summed E-state index contributed by atoms with van der Waals surface area (Å²) in [4.78, 5) is 0. The molecule has 0 N–H and O–H groups in total. The first kappa shape index (κ1) is 37.5. The zero-order valence-electron chi connectivity index (χ0n) is 30.9. The Morgan fingerprint density at radius 3 is 1.87 bits per heavy atom. The van der Waals surface area contributed by atoms with Gasteiger partial charge in [-0.05, 0) is 126 Å². The summed E-state index contributed by atoms with van der Waals surface area (Å²) >= 11 is 7.15. The van der Waals surface area contributed by atoms with Gasteiger partial charge in [-0.15, -0.1) is 0 Å². The van der Waals surface area contributed by atoms with E-state index in [0.29, 0.717) is 18.2 Å². The van der Waals surface area contributed by atoms with Crippen LogP contribution in [-0.4, -0.2) is 70.9 Å². The van der Waals surface area contributed by atoms with Gasteiger partial charge in [0, 0.05) is 12.0 Å². The van der Waals surface area contributed by atoms with E-state index >= 15 is 0 Å². The average Bonchev–Trinajstić information content (AvgIpc) is 3.65. The molecule has 0 radical (unpaired) electrons. The minimum atomic E-state index is -2.09. The molecule has 1 aliphatic carbocycles. The van der Waals surface area contributed by atoms with Crippen LogP contribution in [0.25, 0.3) is 0 Å². The molecule has 2 fully saturated rings. The molecule has 11 heteroatoms. The first-order valence-corrected chi connectivity index (χ1v) is 31.6. The molecule has 2 aromatic rings. The predicted octanol–water partition coefficient (Wildman–Crippen LogP) is 9.69. The quantitative estimate of drug-likeness (QED) is 0.191. The Hall–Kier alpha value is -0.802. The van der Waals surface area contributed by atoms with E-state index in [1.54, 1.807) is 0 Å². The molecule has 0 spiro atoms. The van der Waals surface area contributed by atoms with Crippen LogP contribution in [0.4, 0.5) is 0 Å². The standard InChI is InChI=1S/C36H59ClO6Si4/c1-44(2,3)39-23-30-34(41-45(4,5)6)36(43-47(10,11)12)35(42-46(7,8)9)33(40-30)29-22-27(31(37)32-28(29)19-20-38-32)21-24-13-15-25(16-14-24)26-17-18-26/h13-16,22,26,30,33-36H,17-21,23H2,1-12H3/t30-,33?,34?,35?,36?/m1/s1. The maximum absolute atomic E-state index is 7.28. The molecule has 47 heavy (non-hydrogen) atoms. The second-order valence-corrected chi connectivity index (χ2v) is 35.9.